The molecule has 0 saturated heterocycles. The number of aldehydes is 1. The van der Waals surface area contributed by atoms with Crippen molar-refractivity contribution in [3.05, 3.63) is 89.0 Å². The van der Waals surface area contributed by atoms with E-state index in [0.29, 0.717) is 23.8 Å². The zero-order valence-corrected chi connectivity index (χ0v) is 18.1. The molecular weight excluding hydrogens is 380 g/mol. The Labute approximate surface area is 185 Å². The summed E-state index contributed by atoms with van der Waals surface area (Å²) in [6.07, 6.45) is 7.18. The number of hydrogen-bond acceptors (Lipinski definition) is 2. The molecule has 1 aliphatic carbocycles. The Morgan fingerprint density at radius 1 is 0.935 bits per heavy atom. The quantitative estimate of drug-likeness (QED) is 0.341. The summed E-state index contributed by atoms with van der Waals surface area (Å²) < 4.78 is 6.06. The van der Waals surface area contributed by atoms with Crippen LogP contribution in [-0.4, -0.2) is 12.9 Å². The first-order chi connectivity index (χ1) is 15.2. The van der Waals surface area contributed by atoms with E-state index < -0.39 is 0 Å². The summed E-state index contributed by atoms with van der Waals surface area (Å²) in [4.78, 5) is 11.5. The molecule has 0 bridgehead atoms. The van der Waals surface area contributed by atoms with E-state index in [2.05, 4.69) is 55.2 Å². The molecule has 0 unspecified atom stereocenters. The number of hydrogen-bond donors (Lipinski definition) is 0. The highest BCUT2D eigenvalue weighted by atomic mass is 16.5. The Bertz CT molecular complexity index is 1100. The fraction of sp³-hybridized carbons (Fsp3) is 0.276. The molecule has 156 valence electrons. The summed E-state index contributed by atoms with van der Waals surface area (Å²) in [5.74, 6) is 7.81. The average molecular weight is 409 g/mol. The maximum absolute atomic E-state index is 11.5. The third kappa shape index (κ3) is 5.25. The van der Waals surface area contributed by atoms with Crippen LogP contribution in [0.15, 0.2) is 66.7 Å². The van der Waals surface area contributed by atoms with Crippen LogP contribution in [0.1, 0.15) is 59.2 Å². The van der Waals surface area contributed by atoms with Gasteiger partial charge >= 0.3 is 0 Å². The zero-order valence-electron chi connectivity index (χ0n) is 18.1. The van der Waals surface area contributed by atoms with Crippen LogP contribution in [0.5, 0.6) is 5.75 Å². The van der Waals surface area contributed by atoms with Crippen LogP contribution in [0.4, 0.5) is 0 Å². The van der Waals surface area contributed by atoms with E-state index in [-0.39, 0.29) is 0 Å². The number of rotatable bonds is 5. The zero-order chi connectivity index (χ0) is 21.5. The second-order valence-electron chi connectivity index (χ2n) is 8.28. The van der Waals surface area contributed by atoms with Gasteiger partial charge in [-0.3, -0.25) is 4.79 Å². The Hall–Kier alpha value is -3.31. The smallest absolute Gasteiger partial charge is 0.153 e. The highest BCUT2D eigenvalue weighted by Gasteiger charge is 2.15. The molecule has 1 saturated carbocycles. The predicted octanol–water partition coefficient (Wildman–Crippen LogP) is 6.83. The molecule has 0 aromatic heterocycles. The minimum atomic E-state index is 0.587. The van der Waals surface area contributed by atoms with Crippen LogP contribution < -0.4 is 4.74 Å². The lowest BCUT2D eigenvalue weighted by atomic mass is 9.90. The van der Waals surface area contributed by atoms with Gasteiger partial charge in [-0.25, -0.2) is 0 Å². The molecule has 0 aliphatic heterocycles. The number of ether oxygens (including phenoxy) is 1. The van der Waals surface area contributed by atoms with Gasteiger partial charge in [0.25, 0.3) is 0 Å². The third-order valence-corrected chi connectivity index (χ3v) is 6.10. The topological polar surface area (TPSA) is 26.3 Å². The van der Waals surface area contributed by atoms with Crippen LogP contribution >= 0.6 is 0 Å². The minimum absolute atomic E-state index is 0.587. The first kappa shape index (κ1) is 20.9. The molecule has 0 radical (unpaired) electrons. The van der Waals surface area contributed by atoms with Crippen LogP contribution in [0.3, 0.4) is 0 Å². The van der Waals surface area contributed by atoms with Crippen molar-refractivity contribution in [3.8, 4) is 28.7 Å². The SMILES string of the molecule is Cc1c(C#Cc2ccc(C=O)c(OCC3CCCCC3)c2)cccc1-c1ccccc1. The molecule has 0 spiro atoms. The van der Waals surface area contributed by atoms with Gasteiger partial charge in [0.15, 0.2) is 6.29 Å². The van der Waals surface area contributed by atoms with E-state index in [0.717, 1.165) is 17.4 Å². The van der Waals surface area contributed by atoms with Crippen molar-refractivity contribution in [3.63, 3.8) is 0 Å². The van der Waals surface area contributed by atoms with Crippen molar-refractivity contribution >= 4 is 6.29 Å². The van der Waals surface area contributed by atoms with Gasteiger partial charge in [0.2, 0.25) is 0 Å². The van der Waals surface area contributed by atoms with E-state index in [1.165, 1.54) is 48.8 Å². The molecule has 0 atom stereocenters. The second-order valence-corrected chi connectivity index (χ2v) is 8.28. The van der Waals surface area contributed by atoms with Crippen molar-refractivity contribution < 1.29 is 9.53 Å². The lowest BCUT2D eigenvalue weighted by Crippen LogP contribution is -2.15. The lowest BCUT2D eigenvalue weighted by Gasteiger charge is -2.22. The van der Waals surface area contributed by atoms with Gasteiger partial charge in [-0.05, 0) is 66.6 Å². The third-order valence-electron chi connectivity index (χ3n) is 6.10. The largest absolute Gasteiger partial charge is 0.493 e. The fourth-order valence-electron chi connectivity index (χ4n) is 4.24. The van der Waals surface area contributed by atoms with Gasteiger partial charge in [-0.15, -0.1) is 0 Å². The van der Waals surface area contributed by atoms with Crippen molar-refractivity contribution in [1.82, 2.24) is 0 Å². The van der Waals surface area contributed by atoms with E-state index in [4.69, 9.17) is 4.74 Å². The first-order valence-corrected chi connectivity index (χ1v) is 11.1. The normalized spacial score (nSPS) is 13.8. The predicted molar refractivity (Wildman–Crippen MR) is 126 cm³/mol. The number of carbonyl (C=O) groups excluding carboxylic acids is 1. The summed E-state index contributed by atoms with van der Waals surface area (Å²) in [5, 5.41) is 0. The molecule has 1 aliphatic rings. The Morgan fingerprint density at radius 3 is 2.52 bits per heavy atom. The van der Waals surface area contributed by atoms with Crippen molar-refractivity contribution in [2.45, 2.75) is 39.0 Å². The molecule has 2 heteroatoms. The van der Waals surface area contributed by atoms with Gasteiger partial charge in [-0.1, -0.05) is 73.6 Å². The van der Waals surface area contributed by atoms with Crippen molar-refractivity contribution in [1.29, 1.82) is 0 Å². The van der Waals surface area contributed by atoms with E-state index in [1.807, 2.05) is 24.3 Å². The molecule has 0 N–H and O–H groups in total. The summed E-state index contributed by atoms with van der Waals surface area (Å²) >= 11 is 0. The Morgan fingerprint density at radius 2 is 1.74 bits per heavy atom. The molecule has 0 heterocycles. The van der Waals surface area contributed by atoms with Crippen molar-refractivity contribution in [2.75, 3.05) is 6.61 Å². The van der Waals surface area contributed by atoms with Gasteiger partial charge in [0.05, 0.1) is 12.2 Å². The molecule has 3 aromatic rings. The van der Waals surface area contributed by atoms with Gasteiger partial charge < -0.3 is 4.74 Å². The van der Waals surface area contributed by atoms with Crippen LogP contribution in [-0.2, 0) is 0 Å². The maximum Gasteiger partial charge on any atom is 0.153 e. The molecule has 0 amide bonds. The van der Waals surface area contributed by atoms with Crippen LogP contribution in [0.2, 0.25) is 0 Å². The summed E-state index contributed by atoms with van der Waals surface area (Å²) in [5.41, 5.74) is 6.00. The Balaban J connectivity index is 1.56. The lowest BCUT2D eigenvalue weighted by molar-refractivity contribution is 0.111. The second kappa shape index (κ2) is 10.1. The van der Waals surface area contributed by atoms with Crippen LogP contribution in [0.25, 0.3) is 11.1 Å². The standard InChI is InChI=1S/C29H28O2/c1-22-25(13-8-14-28(22)26-11-6-3-7-12-26)17-15-23-16-18-27(20-30)29(19-23)31-21-24-9-4-2-5-10-24/h3,6-8,11-14,16,18-20,24H,2,4-5,9-10,21H2,1H3. The highest BCUT2D eigenvalue weighted by Crippen LogP contribution is 2.27. The first-order valence-electron chi connectivity index (χ1n) is 11.1. The number of benzene rings is 3. The highest BCUT2D eigenvalue weighted by molar-refractivity contribution is 5.80. The minimum Gasteiger partial charge on any atom is -0.493 e. The summed E-state index contributed by atoms with van der Waals surface area (Å²) in [6, 6.07) is 22.2. The van der Waals surface area contributed by atoms with E-state index in [1.54, 1.807) is 6.07 Å². The molecular formula is C29H28O2. The fourth-order valence-corrected chi connectivity index (χ4v) is 4.24. The van der Waals surface area contributed by atoms with Gasteiger partial charge in [0, 0.05) is 11.1 Å². The van der Waals surface area contributed by atoms with Crippen LogP contribution in [0, 0.1) is 24.7 Å². The molecule has 1 fully saturated rings. The molecule has 4 rings (SSSR count). The van der Waals surface area contributed by atoms with Crippen molar-refractivity contribution in [2.24, 2.45) is 5.92 Å². The Kier molecular flexibility index (Phi) is 6.85. The average Bonchev–Trinajstić information content (AvgIpc) is 2.83. The molecule has 31 heavy (non-hydrogen) atoms. The van der Waals surface area contributed by atoms with E-state index in [9.17, 15) is 4.79 Å². The van der Waals surface area contributed by atoms with Gasteiger partial charge in [0.1, 0.15) is 5.75 Å². The number of carbonyl (C=O) groups is 1. The molecule has 3 aromatic carbocycles. The maximum atomic E-state index is 11.5. The van der Waals surface area contributed by atoms with Gasteiger partial charge in [-0.2, -0.15) is 0 Å². The van der Waals surface area contributed by atoms with E-state index >= 15 is 0 Å². The molecule has 2 nitrogen and oxygen atoms in total. The monoisotopic (exact) mass is 408 g/mol. The summed E-state index contributed by atoms with van der Waals surface area (Å²) in [7, 11) is 0. The summed E-state index contributed by atoms with van der Waals surface area (Å²) in [6.45, 7) is 2.79.